The lowest BCUT2D eigenvalue weighted by molar-refractivity contribution is -0.870. The standard InChI is InChI=1S/C16H24Cl2NO2.HI/c1-11(17)13-7-6-8-14(15(13)12(2)18)16(20)21-10-9-19(3,4)5;/h6-8,11-12H,9-10H2,1-5H3;1H/q+1;/p-1. The number of quaternary nitrogens is 1. The second kappa shape index (κ2) is 9.30. The van der Waals surface area contributed by atoms with Crippen LogP contribution in [0.3, 0.4) is 0 Å². The minimum Gasteiger partial charge on any atom is -1.00 e. The van der Waals surface area contributed by atoms with E-state index in [0.29, 0.717) is 12.2 Å². The van der Waals surface area contributed by atoms with Crippen LogP contribution in [0.15, 0.2) is 18.2 Å². The zero-order valence-electron chi connectivity index (χ0n) is 13.7. The van der Waals surface area contributed by atoms with E-state index in [0.717, 1.165) is 22.2 Å². The Kier molecular flexibility index (Phi) is 9.29. The summed E-state index contributed by atoms with van der Waals surface area (Å²) in [4.78, 5) is 12.3. The molecule has 3 nitrogen and oxygen atoms in total. The molecule has 0 amide bonds. The van der Waals surface area contributed by atoms with E-state index in [1.807, 2.05) is 26.0 Å². The van der Waals surface area contributed by atoms with Crippen molar-refractivity contribution in [3.05, 3.63) is 34.9 Å². The monoisotopic (exact) mass is 459 g/mol. The number of esters is 1. The second-order valence-electron chi connectivity index (χ2n) is 6.19. The minimum absolute atomic E-state index is 0. The van der Waals surface area contributed by atoms with E-state index < -0.39 is 0 Å². The molecule has 0 aromatic heterocycles. The van der Waals surface area contributed by atoms with Crippen molar-refractivity contribution >= 4 is 29.2 Å². The predicted molar refractivity (Wildman–Crippen MR) is 88.2 cm³/mol. The maximum Gasteiger partial charge on any atom is 0.338 e. The van der Waals surface area contributed by atoms with Crippen LogP contribution in [0.1, 0.15) is 46.1 Å². The van der Waals surface area contributed by atoms with Crippen LogP contribution in [0.4, 0.5) is 0 Å². The van der Waals surface area contributed by atoms with Gasteiger partial charge in [0.2, 0.25) is 0 Å². The first kappa shape index (κ1) is 22.0. The summed E-state index contributed by atoms with van der Waals surface area (Å²) in [6.45, 7) is 4.83. The molecule has 0 N–H and O–H groups in total. The second-order valence-corrected chi connectivity index (χ2v) is 7.50. The Hall–Kier alpha value is -0.0400. The van der Waals surface area contributed by atoms with Crippen molar-refractivity contribution in [1.82, 2.24) is 0 Å². The minimum atomic E-state index is -0.342. The van der Waals surface area contributed by atoms with Crippen LogP contribution < -0.4 is 24.0 Å². The molecule has 1 aromatic carbocycles. The van der Waals surface area contributed by atoms with E-state index >= 15 is 0 Å². The van der Waals surface area contributed by atoms with Crippen molar-refractivity contribution in [3.63, 3.8) is 0 Å². The third kappa shape index (κ3) is 6.60. The van der Waals surface area contributed by atoms with Gasteiger partial charge in [0.05, 0.1) is 37.5 Å². The zero-order chi connectivity index (χ0) is 16.2. The first-order valence-corrected chi connectivity index (χ1v) is 7.89. The third-order valence-electron chi connectivity index (χ3n) is 3.18. The number of ether oxygens (including phenoxy) is 1. The topological polar surface area (TPSA) is 26.3 Å². The van der Waals surface area contributed by atoms with Gasteiger partial charge in [-0.05, 0) is 31.0 Å². The van der Waals surface area contributed by atoms with Crippen LogP contribution in [-0.2, 0) is 4.74 Å². The van der Waals surface area contributed by atoms with E-state index in [9.17, 15) is 4.79 Å². The number of alkyl halides is 2. The van der Waals surface area contributed by atoms with Gasteiger partial charge in [-0.1, -0.05) is 12.1 Å². The Morgan fingerprint density at radius 1 is 1.18 bits per heavy atom. The fourth-order valence-corrected chi connectivity index (χ4v) is 2.48. The molecule has 0 saturated heterocycles. The molecule has 126 valence electrons. The van der Waals surface area contributed by atoms with Crippen LogP contribution in [0, 0.1) is 0 Å². The molecule has 0 aliphatic heterocycles. The number of rotatable bonds is 6. The molecule has 22 heavy (non-hydrogen) atoms. The number of carbonyl (C=O) groups is 1. The Morgan fingerprint density at radius 2 is 1.77 bits per heavy atom. The van der Waals surface area contributed by atoms with E-state index in [2.05, 4.69) is 21.1 Å². The molecule has 0 bridgehead atoms. The number of benzene rings is 1. The van der Waals surface area contributed by atoms with Gasteiger partial charge < -0.3 is 33.2 Å². The van der Waals surface area contributed by atoms with E-state index in [1.165, 1.54) is 0 Å². The Balaban J connectivity index is 0.00000441. The highest BCUT2D eigenvalue weighted by Gasteiger charge is 2.22. The lowest BCUT2D eigenvalue weighted by Gasteiger charge is -2.23. The highest BCUT2D eigenvalue weighted by molar-refractivity contribution is 6.23. The first-order chi connectivity index (χ1) is 9.63. The molecule has 0 aliphatic carbocycles. The molecule has 2 atom stereocenters. The van der Waals surface area contributed by atoms with Crippen molar-refractivity contribution in [2.24, 2.45) is 0 Å². The average Bonchev–Trinajstić information content (AvgIpc) is 2.35. The van der Waals surface area contributed by atoms with Gasteiger partial charge in [0, 0.05) is 0 Å². The number of carbonyl (C=O) groups excluding carboxylic acids is 1. The van der Waals surface area contributed by atoms with Crippen LogP contribution in [-0.4, -0.2) is 44.7 Å². The zero-order valence-corrected chi connectivity index (χ0v) is 17.4. The Bertz CT molecular complexity index is 499. The molecule has 0 heterocycles. The lowest BCUT2D eigenvalue weighted by Crippen LogP contribution is -3.00. The molecule has 0 spiro atoms. The molecular formula is C16H24Cl2INO2. The van der Waals surface area contributed by atoms with Gasteiger partial charge in [0.15, 0.2) is 0 Å². The summed E-state index contributed by atoms with van der Waals surface area (Å²) in [5.74, 6) is -0.342. The van der Waals surface area contributed by atoms with Gasteiger partial charge >= 0.3 is 5.97 Å². The van der Waals surface area contributed by atoms with Crippen LogP contribution >= 0.6 is 23.2 Å². The highest BCUT2D eigenvalue weighted by Crippen LogP contribution is 2.33. The molecule has 0 saturated carbocycles. The molecule has 0 radical (unpaired) electrons. The smallest absolute Gasteiger partial charge is 0.338 e. The summed E-state index contributed by atoms with van der Waals surface area (Å²) in [6, 6.07) is 5.45. The summed E-state index contributed by atoms with van der Waals surface area (Å²) in [7, 11) is 6.15. The van der Waals surface area contributed by atoms with Crippen molar-refractivity contribution in [1.29, 1.82) is 0 Å². The number of hydrogen-bond donors (Lipinski definition) is 0. The number of likely N-dealkylation sites (N-methyl/N-ethyl adjacent to an activating group) is 1. The van der Waals surface area contributed by atoms with Crippen LogP contribution in [0.2, 0.25) is 0 Å². The van der Waals surface area contributed by atoms with Gasteiger partial charge in [-0.2, -0.15) is 0 Å². The SMILES string of the molecule is CC(Cl)c1cccc(C(=O)OCC[N+](C)(C)C)c1C(C)Cl.[I-]. The largest absolute Gasteiger partial charge is 1.00 e. The lowest BCUT2D eigenvalue weighted by atomic mass is 9.96. The Morgan fingerprint density at radius 3 is 2.23 bits per heavy atom. The van der Waals surface area contributed by atoms with Gasteiger partial charge in [0.25, 0.3) is 0 Å². The molecular weight excluding hydrogens is 436 g/mol. The highest BCUT2D eigenvalue weighted by atomic mass is 127. The quantitative estimate of drug-likeness (QED) is 0.276. The van der Waals surface area contributed by atoms with Crippen molar-refractivity contribution in [3.8, 4) is 0 Å². The first-order valence-electron chi connectivity index (χ1n) is 7.02. The normalized spacial score (nSPS) is 14.0. The molecule has 2 unspecified atom stereocenters. The van der Waals surface area contributed by atoms with Crippen molar-refractivity contribution in [2.75, 3.05) is 34.3 Å². The summed E-state index contributed by atoms with van der Waals surface area (Å²) < 4.78 is 6.11. The molecule has 6 heteroatoms. The summed E-state index contributed by atoms with van der Waals surface area (Å²) in [6.07, 6.45) is 0. The van der Waals surface area contributed by atoms with Gasteiger partial charge in [-0.25, -0.2) is 4.79 Å². The number of hydrogen-bond acceptors (Lipinski definition) is 2. The molecule has 0 fully saturated rings. The third-order valence-corrected chi connectivity index (χ3v) is 3.63. The maximum atomic E-state index is 12.3. The Labute approximate surface area is 160 Å². The van der Waals surface area contributed by atoms with E-state index in [-0.39, 0.29) is 40.7 Å². The van der Waals surface area contributed by atoms with Gasteiger partial charge in [0.1, 0.15) is 13.2 Å². The summed E-state index contributed by atoms with van der Waals surface area (Å²) in [5, 5.41) is -0.511. The maximum absolute atomic E-state index is 12.3. The molecule has 0 aliphatic rings. The van der Waals surface area contributed by atoms with Crippen LogP contribution in [0.25, 0.3) is 0 Å². The molecule has 1 aromatic rings. The van der Waals surface area contributed by atoms with Gasteiger partial charge in [-0.3, -0.25) is 0 Å². The van der Waals surface area contributed by atoms with Crippen LogP contribution in [0.5, 0.6) is 0 Å². The van der Waals surface area contributed by atoms with Gasteiger partial charge in [-0.15, -0.1) is 23.2 Å². The van der Waals surface area contributed by atoms with E-state index in [4.69, 9.17) is 27.9 Å². The number of nitrogens with zero attached hydrogens (tertiary/aromatic N) is 1. The fraction of sp³-hybridized carbons (Fsp3) is 0.562. The van der Waals surface area contributed by atoms with E-state index in [1.54, 1.807) is 6.07 Å². The summed E-state index contributed by atoms with van der Waals surface area (Å²) in [5.41, 5.74) is 2.14. The van der Waals surface area contributed by atoms with Crippen molar-refractivity contribution in [2.45, 2.75) is 24.6 Å². The summed E-state index contributed by atoms with van der Waals surface area (Å²) >= 11 is 12.4. The number of halogens is 3. The van der Waals surface area contributed by atoms with Crippen molar-refractivity contribution < 1.29 is 38.0 Å². The average molecular weight is 460 g/mol. The fourth-order valence-electron chi connectivity index (χ4n) is 2.04. The predicted octanol–water partition coefficient (Wildman–Crippen LogP) is 1.15. The molecule has 1 rings (SSSR count).